The second kappa shape index (κ2) is 6.15. The molecule has 116 valence electrons. The van der Waals surface area contributed by atoms with E-state index in [1.165, 1.54) is 0 Å². The summed E-state index contributed by atoms with van der Waals surface area (Å²) in [5.41, 5.74) is -0.263. The predicted octanol–water partition coefficient (Wildman–Crippen LogP) is 2.57. The van der Waals surface area contributed by atoms with Crippen LogP contribution in [0, 0.1) is 11.3 Å². The van der Waals surface area contributed by atoms with Gasteiger partial charge in [-0.15, -0.1) is 0 Å². The molecule has 0 spiro atoms. The highest BCUT2D eigenvalue weighted by atomic mass is 16.2. The summed E-state index contributed by atoms with van der Waals surface area (Å²) in [7, 11) is 0. The molecule has 3 unspecified atom stereocenters. The Morgan fingerprint density at radius 1 is 1.20 bits per heavy atom. The standard InChI is InChI=1S/C16H30N2O2/c1-8-12-14(19)17-13(16(5,6)7)15(20)18(12)11(4)9-10(2)3/h10-13H,8-9H2,1-7H3,(H,17,19). The highest BCUT2D eigenvalue weighted by Crippen LogP contribution is 2.28. The number of carbonyl (C=O) groups excluding carboxylic acids is 2. The molecule has 0 bridgehead atoms. The van der Waals surface area contributed by atoms with E-state index in [2.05, 4.69) is 26.1 Å². The van der Waals surface area contributed by atoms with Crippen molar-refractivity contribution in [2.45, 2.75) is 79.4 Å². The lowest BCUT2D eigenvalue weighted by atomic mass is 9.83. The van der Waals surface area contributed by atoms with Gasteiger partial charge >= 0.3 is 0 Å². The Balaban J connectivity index is 3.06. The van der Waals surface area contributed by atoms with E-state index < -0.39 is 6.04 Å². The lowest BCUT2D eigenvalue weighted by Gasteiger charge is -2.46. The zero-order chi connectivity index (χ0) is 15.7. The number of rotatable bonds is 4. The third-order valence-electron chi connectivity index (χ3n) is 3.97. The van der Waals surface area contributed by atoms with E-state index in [1.54, 1.807) is 0 Å². The molecule has 0 aliphatic carbocycles. The topological polar surface area (TPSA) is 49.4 Å². The van der Waals surface area contributed by atoms with Crippen molar-refractivity contribution in [3.63, 3.8) is 0 Å². The summed E-state index contributed by atoms with van der Waals surface area (Å²) in [4.78, 5) is 27.0. The molecular formula is C16H30N2O2. The first kappa shape index (κ1) is 17.0. The van der Waals surface area contributed by atoms with Crippen molar-refractivity contribution in [3.8, 4) is 0 Å². The summed E-state index contributed by atoms with van der Waals surface area (Å²) >= 11 is 0. The van der Waals surface area contributed by atoms with Gasteiger partial charge in [-0.1, -0.05) is 41.5 Å². The van der Waals surface area contributed by atoms with E-state index in [-0.39, 0.29) is 29.3 Å². The number of hydrogen-bond acceptors (Lipinski definition) is 2. The fourth-order valence-corrected chi connectivity index (χ4v) is 3.02. The zero-order valence-electron chi connectivity index (χ0n) is 14.0. The third-order valence-corrected chi connectivity index (χ3v) is 3.97. The lowest BCUT2D eigenvalue weighted by Crippen LogP contribution is -2.68. The quantitative estimate of drug-likeness (QED) is 0.861. The van der Waals surface area contributed by atoms with Gasteiger partial charge in [0.1, 0.15) is 12.1 Å². The predicted molar refractivity (Wildman–Crippen MR) is 81.2 cm³/mol. The molecular weight excluding hydrogens is 252 g/mol. The Morgan fingerprint density at radius 2 is 1.75 bits per heavy atom. The van der Waals surface area contributed by atoms with Crippen molar-refractivity contribution in [2.24, 2.45) is 11.3 Å². The molecule has 0 saturated carbocycles. The van der Waals surface area contributed by atoms with Gasteiger partial charge in [-0.3, -0.25) is 9.59 Å². The average Bonchev–Trinajstić information content (AvgIpc) is 2.28. The van der Waals surface area contributed by atoms with Crippen molar-refractivity contribution in [1.82, 2.24) is 10.2 Å². The van der Waals surface area contributed by atoms with E-state index in [9.17, 15) is 9.59 Å². The van der Waals surface area contributed by atoms with E-state index >= 15 is 0 Å². The Kier molecular flexibility index (Phi) is 5.22. The van der Waals surface area contributed by atoms with Crippen LogP contribution < -0.4 is 5.32 Å². The molecule has 20 heavy (non-hydrogen) atoms. The summed E-state index contributed by atoms with van der Waals surface area (Å²) in [6.45, 7) is 14.3. The number of nitrogens with zero attached hydrogens (tertiary/aromatic N) is 1. The second-order valence-electron chi connectivity index (χ2n) is 7.46. The molecule has 0 aromatic carbocycles. The van der Waals surface area contributed by atoms with Crippen molar-refractivity contribution < 1.29 is 9.59 Å². The minimum absolute atomic E-state index is 0.0115. The molecule has 4 nitrogen and oxygen atoms in total. The van der Waals surface area contributed by atoms with Crippen LogP contribution in [0.2, 0.25) is 0 Å². The minimum Gasteiger partial charge on any atom is -0.342 e. The smallest absolute Gasteiger partial charge is 0.246 e. The van der Waals surface area contributed by atoms with Crippen LogP contribution in [0.5, 0.6) is 0 Å². The monoisotopic (exact) mass is 282 g/mol. The van der Waals surface area contributed by atoms with Crippen molar-refractivity contribution in [1.29, 1.82) is 0 Å². The maximum absolute atomic E-state index is 12.8. The summed E-state index contributed by atoms with van der Waals surface area (Å²) in [6.07, 6.45) is 1.59. The largest absolute Gasteiger partial charge is 0.342 e. The van der Waals surface area contributed by atoms with Crippen molar-refractivity contribution in [3.05, 3.63) is 0 Å². The maximum Gasteiger partial charge on any atom is 0.246 e. The number of hydrogen-bond donors (Lipinski definition) is 1. The first-order valence-electron chi connectivity index (χ1n) is 7.72. The molecule has 0 aromatic heterocycles. The molecule has 1 saturated heterocycles. The van der Waals surface area contributed by atoms with Crippen LogP contribution in [0.1, 0.15) is 61.3 Å². The number of nitrogens with one attached hydrogen (secondary N) is 1. The molecule has 3 atom stereocenters. The molecule has 1 aliphatic heterocycles. The number of piperazine rings is 1. The summed E-state index contributed by atoms with van der Waals surface area (Å²) in [6, 6.07) is -0.648. The Hall–Kier alpha value is -1.06. The zero-order valence-corrected chi connectivity index (χ0v) is 14.0. The Bertz CT molecular complexity index is 371. The van der Waals surface area contributed by atoms with Gasteiger partial charge < -0.3 is 10.2 Å². The SMILES string of the molecule is CCC1C(=O)NC(C(C)(C)C)C(=O)N1C(C)CC(C)C. The van der Waals surface area contributed by atoms with Gasteiger partial charge in [0.25, 0.3) is 0 Å². The average molecular weight is 282 g/mol. The van der Waals surface area contributed by atoms with Crippen molar-refractivity contribution >= 4 is 11.8 Å². The molecule has 1 heterocycles. The molecule has 1 N–H and O–H groups in total. The van der Waals surface area contributed by atoms with Gasteiger partial charge in [-0.2, -0.15) is 0 Å². The summed E-state index contributed by atoms with van der Waals surface area (Å²) in [5, 5.41) is 2.92. The van der Waals surface area contributed by atoms with Gasteiger partial charge in [0, 0.05) is 6.04 Å². The van der Waals surface area contributed by atoms with E-state index in [1.807, 2.05) is 32.6 Å². The minimum atomic E-state index is -0.424. The Labute approximate surface area is 123 Å². The fourth-order valence-electron chi connectivity index (χ4n) is 3.02. The van der Waals surface area contributed by atoms with Crippen LogP contribution in [0.15, 0.2) is 0 Å². The fraction of sp³-hybridized carbons (Fsp3) is 0.875. The number of amides is 2. The van der Waals surface area contributed by atoms with Gasteiger partial charge in [-0.25, -0.2) is 0 Å². The van der Waals surface area contributed by atoms with Crippen LogP contribution in [0.25, 0.3) is 0 Å². The highest BCUT2D eigenvalue weighted by Gasteiger charge is 2.45. The third kappa shape index (κ3) is 3.53. The lowest BCUT2D eigenvalue weighted by molar-refractivity contribution is -0.155. The molecule has 1 fully saturated rings. The number of carbonyl (C=O) groups is 2. The van der Waals surface area contributed by atoms with Gasteiger partial charge in [0.05, 0.1) is 0 Å². The molecule has 4 heteroatoms. The molecule has 1 aliphatic rings. The summed E-state index contributed by atoms with van der Waals surface area (Å²) in [5.74, 6) is 0.563. The molecule has 2 amide bonds. The van der Waals surface area contributed by atoms with Crippen molar-refractivity contribution in [2.75, 3.05) is 0 Å². The van der Waals surface area contributed by atoms with Crippen LogP contribution in [-0.2, 0) is 9.59 Å². The Morgan fingerprint density at radius 3 is 2.15 bits per heavy atom. The highest BCUT2D eigenvalue weighted by molar-refractivity contribution is 5.97. The van der Waals surface area contributed by atoms with Gasteiger partial charge in [0.15, 0.2) is 0 Å². The maximum atomic E-state index is 12.8. The van der Waals surface area contributed by atoms with Crippen LogP contribution >= 0.6 is 0 Å². The van der Waals surface area contributed by atoms with E-state index in [0.717, 1.165) is 6.42 Å². The van der Waals surface area contributed by atoms with Gasteiger partial charge in [0.2, 0.25) is 11.8 Å². The van der Waals surface area contributed by atoms with Crippen LogP contribution in [0.3, 0.4) is 0 Å². The first-order valence-corrected chi connectivity index (χ1v) is 7.72. The van der Waals surface area contributed by atoms with E-state index in [4.69, 9.17) is 0 Å². The molecule has 0 radical (unpaired) electrons. The second-order valence-corrected chi connectivity index (χ2v) is 7.46. The van der Waals surface area contributed by atoms with Gasteiger partial charge in [-0.05, 0) is 31.1 Å². The van der Waals surface area contributed by atoms with Crippen LogP contribution in [-0.4, -0.2) is 34.8 Å². The summed E-state index contributed by atoms with van der Waals surface area (Å²) < 4.78 is 0. The molecule has 0 aromatic rings. The normalized spacial score (nSPS) is 25.9. The van der Waals surface area contributed by atoms with Crippen LogP contribution in [0.4, 0.5) is 0 Å². The first-order chi connectivity index (χ1) is 9.09. The molecule has 1 rings (SSSR count). The van der Waals surface area contributed by atoms with E-state index in [0.29, 0.717) is 12.3 Å².